The lowest BCUT2D eigenvalue weighted by atomic mass is 9.54. The molecule has 0 N–H and O–H groups in total. The predicted octanol–water partition coefficient (Wildman–Crippen LogP) is 6.77. The molecule has 1 heterocycles. The monoisotopic (exact) mass is 610 g/mol. The highest BCUT2D eigenvalue weighted by molar-refractivity contribution is 5.98. The van der Waals surface area contributed by atoms with Gasteiger partial charge >= 0.3 is 11.9 Å². The number of amides is 1. The molecule has 3 atom stereocenters. The van der Waals surface area contributed by atoms with E-state index in [2.05, 4.69) is 35.8 Å². The third kappa shape index (κ3) is 6.51. The maximum absolute atomic E-state index is 14.4. The largest absolute Gasteiger partial charge is 0.457 e. The zero-order valence-corrected chi connectivity index (χ0v) is 27.1. The Bertz CT molecular complexity index is 1580. The summed E-state index contributed by atoms with van der Waals surface area (Å²) in [7, 11) is 0. The molecular formula is C38H46N2O5. The van der Waals surface area contributed by atoms with Gasteiger partial charge in [0, 0.05) is 50.5 Å². The predicted molar refractivity (Wildman–Crippen MR) is 175 cm³/mol. The average Bonchev–Trinajstić information content (AvgIpc) is 3.82. The summed E-state index contributed by atoms with van der Waals surface area (Å²) in [6, 6.07) is 21.8. The molecule has 7 nitrogen and oxygen atoms in total. The van der Waals surface area contributed by atoms with Gasteiger partial charge in [-0.15, -0.1) is 0 Å². The molecule has 0 unspecified atom stereocenters. The van der Waals surface area contributed by atoms with E-state index in [0.29, 0.717) is 37.2 Å². The van der Waals surface area contributed by atoms with Crippen LogP contribution in [-0.2, 0) is 19.7 Å². The Morgan fingerprint density at radius 1 is 0.911 bits per heavy atom. The van der Waals surface area contributed by atoms with Crippen LogP contribution in [-0.4, -0.2) is 65.5 Å². The normalized spacial score (nSPS) is 25.0. The van der Waals surface area contributed by atoms with E-state index in [-0.39, 0.29) is 29.8 Å². The average molecular weight is 611 g/mol. The fourth-order valence-electron chi connectivity index (χ4n) is 8.05. The second-order valence-corrected chi connectivity index (χ2v) is 14.0. The molecule has 0 spiro atoms. The van der Waals surface area contributed by atoms with E-state index in [1.165, 1.54) is 26.7 Å². The number of nitrogens with zero attached hydrogens (tertiary/aromatic N) is 2. The molecule has 1 amide bonds. The van der Waals surface area contributed by atoms with Crippen molar-refractivity contribution in [3.8, 4) is 5.75 Å². The molecule has 45 heavy (non-hydrogen) atoms. The minimum Gasteiger partial charge on any atom is -0.457 e. The first-order chi connectivity index (χ1) is 21.6. The van der Waals surface area contributed by atoms with Gasteiger partial charge in [0.15, 0.2) is 0 Å². The molecule has 3 aromatic carbocycles. The van der Waals surface area contributed by atoms with Crippen LogP contribution in [0.5, 0.6) is 5.75 Å². The third-order valence-electron chi connectivity index (χ3n) is 10.1. The number of hydrogen-bond donors (Lipinski definition) is 0. The number of likely N-dealkylation sites (tertiary alicyclic amines) is 1. The first-order valence-electron chi connectivity index (χ1n) is 16.6. The van der Waals surface area contributed by atoms with Crippen LogP contribution in [0.25, 0.3) is 10.8 Å². The molecule has 1 saturated heterocycles. The summed E-state index contributed by atoms with van der Waals surface area (Å²) in [6.07, 6.45) is 5.35. The highest BCUT2D eigenvalue weighted by Crippen LogP contribution is 2.55. The van der Waals surface area contributed by atoms with E-state index in [1.54, 1.807) is 6.07 Å². The Morgan fingerprint density at radius 2 is 1.69 bits per heavy atom. The van der Waals surface area contributed by atoms with Gasteiger partial charge in [-0.05, 0) is 97.5 Å². The van der Waals surface area contributed by atoms with Gasteiger partial charge in [-0.25, -0.2) is 0 Å². The molecule has 2 aliphatic carbocycles. The Kier molecular flexibility index (Phi) is 8.75. The molecule has 3 aliphatic rings. The fourth-order valence-corrected chi connectivity index (χ4v) is 8.05. The van der Waals surface area contributed by atoms with Crippen LogP contribution in [0.2, 0.25) is 0 Å². The fraction of sp³-hybridized carbons (Fsp3) is 0.500. The molecule has 1 aliphatic heterocycles. The molecule has 0 radical (unpaired) electrons. The Labute approximate surface area is 266 Å². The second kappa shape index (κ2) is 12.6. The number of carbonyl (C=O) groups excluding carboxylic acids is 3. The molecule has 7 heteroatoms. The van der Waals surface area contributed by atoms with Crippen molar-refractivity contribution in [3.05, 3.63) is 77.9 Å². The number of ether oxygens (including phenoxy) is 2. The summed E-state index contributed by atoms with van der Waals surface area (Å²) >= 11 is 0. The van der Waals surface area contributed by atoms with Crippen LogP contribution in [0, 0.1) is 11.8 Å². The minimum atomic E-state index is -0.757. The summed E-state index contributed by atoms with van der Waals surface area (Å²) in [6.45, 7) is 10.4. The van der Waals surface area contributed by atoms with Crippen molar-refractivity contribution in [1.29, 1.82) is 0 Å². The van der Waals surface area contributed by atoms with Gasteiger partial charge in [-0.1, -0.05) is 56.3 Å². The molecule has 3 aromatic rings. The molecule has 0 aromatic heterocycles. The number of fused-ring (bicyclic) bond motifs is 2. The van der Waals surface area contributed by atoms with E-state index in [1.807, 2.05) is 48.5 Å². The van der Waals surface area contributed by atoms with E-state index in [0.717, 1.165) is 48.2 Å². The van der Waals surface area contributed by atoms with Crippen molar-refractivity contribution >= 4 is 28.6 Å². The highest BCUT2D eigenvalue weighted by atomic mass is 16.6. The van der Waals surface area contributed by atoms with Crippen molar-refractivity contribution in [2.24, 2.45) is 11.8 Å². The maximum atomic E-state index is 14.4. The zero-order valence-electron chi connectivity index (χ0n) is 27.1. The van der Waals surface area contributed by atoms with Crippen molar-refractivity contribution in [2.45, 2.75) is 83.3 Å². The van der Waals surface area contributed by atoms with Crippen LogP contribution in [0.1, 0.15) is 82.1 Å². The molecule has 6 rings (SSSR count). The van der Waals surface area contributed by atoms with Gasteiger partial charge < -0.3 is 14.4 Å². The Hall–Kier alpha value is -3.71. The van der Waals surface area contributed by atoms with Crippen LogP contribution in [0.15, 0.2) is 66.7 Å². The number of esters is 2. The van der Waals surface area contributed by atoms with E-state index in [9.17, 15) is 14.4 Å². The molecule has 2 saturated carbocycles. The smallest absolute Gasteiger partial charge is 0.308 e. The van der Waals surface area contributed by atoms with Gasteiger partial charge in [0.2, 0.25) is 0 Å². The van der Waals surface area contributed by atoms with E-state index in [4.69, 9.17) is 9.47 Å². The number of hydrogen-bond acceptors (Lipinski definition) is 6. The summed E-state index contributed by atoms with van der Waals surface area (Å²) in [4.78, 5) is 43.8. The lowest BCUT2D eigenvalue weighted by molar-refractivity contribution is -0.189. The first kappa shape index (κ1) is 31.3. The van der Waals surface area contributed by atoms with Gasteiger partial charge in [-0.3, -0.25) is 19.3 Å². The Morgan fingerprint density at radius 3 is 2.40 bits per heavy atom. The van der Waals surface area contributed by atoms with E-state index >= 15 is 0 Å². The van der Waals surface area contributed by atoms with Crippen LogP contribution >= 0.6 is 0 Å². The minimum absolute atomic E-state index is 0.0365. The highest BCUT2D eigenvalue weighted by Gasteiger charge is 2.61. The van der Waals surface area contributed by atoms with Gasteiger partial charge in [0.05, 0.1) is 0 Å². The standard InChI is InChI=1S/C38H46N2O5/c1-26(2)23-40(36(43)32-15-14-30-8-5-6-9-31(30)20-32)34-16-17-38(45-28(4)42)25-39(24-29-12-13-29)19-18-37(38,22-34)33-10-7-11-35(21-33)44-27(3)41/h5-11,14-15,20-21,26,29,34H,12-13,16-19,22-25H2,1-4H3/t34-,37-,38-/m0/s1. The summed E-state index contributed by atoms with van der Waals surface area (Å²) in [5, 5.41) is 2.16. The molecule has 238 valence electrons. The maximum Gasteiger partial charge on any atom is 0.308 e. The molecule has 3 fully saturated rings. The molecule has 0 bridgehead atoms. The van der Waals surface area contributed by atoms with Crippen LogP contribution < -0.4 is 4.74 Å². The summed E-state index contributed by atoms with van der Waals surface area (Å²) in [5.74, 6) is 0.860. The van der Waals surface area contributed by atoms with Crippen molar-refractivity contribution in [2.75, 3.05) is 26.2 Å². The molecular weight excluding hydrogens is 564 g/mol. The number of benzene rings is 3. The summed E-state index contributed by atoms with van der Waals surface area (Å²) < 4.78 is 12.1. The lowest BCUT2D eigenvalue weighted by Gasteiger charge is -2.60. The quantitative estimate of drug-likeness (QED) is 0.197. The second-order valence-electron chi connectivity index (χ2n) is 14.0. The third-order valence-corrected chi connectivity index (χ3v) is 10.1. The van der Waals surface area contributed by atoms with Crippen molar-refractivity contribution in [3.63, 3.8) is 0 Å². The first-order valence-corrected chi connectivity index (χ1v) is 16.6. The number of piperidine rings is 1. The van der Waals surface area contributed by atoms with Crippen LogP contribution in [0.4, 0.5) is 0 Å². The number of rotatable bonds is 9. The van der Waals surface area contributed by atoms with Gasteiger partial charge in [0.25, 0.3) is 5.91 Å². The van der Waals surface area contributed by atoms with E-state index < -0.39 is 11.0 Å². The van der Waals surface area contributed by atoms with Gasteiger partial charge in [-0.2, -0.15) is 0 Å². The lowest BCUT2D eigenvalue weighted by Crippen LogP contribution is -2.69. The SMILES string of the molecule is CC(=O)Oc1cccc([C@@]23CCN(CC4CC4)C[C@@]2(OC(C)=O)CC[C@H](N(CC(C)C)C(=O)c2ccc4ccccc4c2)C3)c1. The topological polar surface area (TPSA) is 76.2 Å². The van der Waals surface area contributed by atoms with Gasteiger partial charge in [0.1, 0.15) is 11.4 Å². The van der Waals surface area contributed by atoms with Crippen molar-refractivity contribution in [1.82, 2.24) is 9.80 Å². The zero-order chi connectivity index (χ0) is 31.8. The number of carbonyl (C=O) groups is 3. The van der Waals surface area contributed by atoms with Crippen molar-refractivity contribution < 1.29 is 23.9 Å². The van der Waals surface area contributed by atoms with Crippen LogP contribution in [0.3, 0.4) is 0 Å². The Balaban J connectivity index is 1.41. The summed E-state index contributed by atoms with van der Waals surface area (Å²) in [5.41, 5.74) is 0.376.